The van der Waals surface area contributed by atoms with E-state index in [2.05, 4.69) is 4.98 Å². The molecule has 0 spiro atoms. The van der Waals surface area contributed by atoms with Crippen LogP contribution in [0.3, 0.4) is 0 Å². The third-order valence-corrected chi connectivity index (χ3v) is 6.07. The number of aryl methyl sites for hydroxylation is 2. The molecule has 2 aromatic rings. The van der Waals surface area contributed by atoms with Gasteiger partial charge in [-0.05, 0) is 45.1 Å². The largest absolute Gasteiger partial charge is 0.299 e. The van der Waals surface area contributed by atoms with Gasteiger partial charge in [0.1, 0.15) is 10.6 Å². The zero-order valence-electron chi connectivity index (χ0n) is 12.3. The predicted octanol–water partition coefficient (Wildman–Crippen LogP) is 3.04. The number of carbonyl (C=O) groups is 1. The molecule has 4 nitrogen and oxygen atoms in total. The van der Waals surface area contributed by atoms with E-state index in [1.807, 2.05) is 6.92 Å². The average molecular weight is 322 g/mol. The van der Waals surface area contributed by atoms with Crippen LogP contribution in [0.1, 0.15) is 37.1 Å². The number of aromatic nitrogens is 2. The van der Waals surface area contributed by atoms with Crippen molar-refractivity contribution in [3.8, 4) is 0 Å². The predicted molar refractivity (Wildman–Crippen MR) is 87.6 cm³/mol. The lowest BCUT2D eigenvalue weighted by atomic mass is 9.97. The van der Waals surface area contributed by atoms with Crippen LogP contribution in [0.25, 0.3) is 10.2 Å². The first kappa shape index (κ1) is 14.8. The number of rotatable bonds is 4. The van der Waals surface area contributed by atoms with E-state index in [1.165, 1.54) is 28.6 Å². The van der Waals surface area contributed by atoms with Gasteiger partial charge in [0.05, 0.1) is 11.1 Å². The topological polar surface area (TPSA) is 52.0 Å². The Kier molecular flexibility index (Phi) is 4.17. The third-order valence-electron chi connectivity index (χ3n) is 3.76. The molecule has 0 radical (unpaired) electrons. The van der Waals surface area contributed by atoms with E-state index in [9.17, 15) is 9.59 Å². The van der Waals surface area contributed by atoms with Crippen molar-refractivity contribution in [1.82, 2.24) is 9.55 Å². The van der Waals surface area contributed by atoms with Crippen LogP contribution in [0, 0.1) is 0 Å². The summed E-state index contributed by atoms with van der Waals surface area (Å²) >= 11 is 3.02. The summed E-state index contributed by atoms with van der Waals surface area (Å²) in [7, 11) is 0. The van der Waals surface area contributed by atoms with Gasteiger partial charge in [-0.3, -0.25) is 14.2 Å². The number of hydrogen-bond acceptors (Lipinski definition) is 5. The number of carbonyl (C=O) groups excluding carboxylic acids is 1. The van der Waals surface area contributed by atoms with Crippen molar-refractivity contribution < 1.29 is 4.79 Å². The molecule has 0 aromatic carbocycles. The molecule has 21 heavy (non-hydrogen) atoms. The van der Waals surface area contributed by atoms with Gasteiger partial charge in [-0.2, -0.15) is 0 Å². The van der Waals surface area contributed by atoms with Gasteiger partial charge in [0, 0.05) is 11.4 Å². The van der Waals surface area contributed by atoms with Crippen LogP contribution in [-0.2, 0) is 24.2 Å². The Morgan fingerprint density at radius 2 is 2.14 bits per heavy atom. The lowest BCUT2D eigenvalue weighted by Gasteiger charge is -2.11. The number of ketones is 1. The van der Waals surface area contributed by atoms with Crippen LogP contribution in [0.15, 0.2) is 9.95 Å². The molecule has 0 aliphatic heterocycles. The zero-order chi connectivity index (χ0) is 15.0. The molecule has 6 heteroatoms. The lowest BCUT2D eigenvalue weighted by molar-refractivity contribution is -0.114. The summed E-state index contributed by atoms with van der Waals surface area (Å²) in [4.78, 5) is 30.8. The van der Waals surface area contributed by atoms with Gasteiger partial charge in [0.2, 0.25) is 0 Å². The van der Waals surface area contributed by atoms with Crippen LogP contribution >= 0.6 is 23.1 Å². The monoisotopic (exact) mass is 322 g/mol. The maximum Gasteiger partial charge on any atom is 0.263 e. The third kappa shape index (κ3) is 2.66. The van der Waals surface area contributed by atoms with Gasteiger partial charge >= 0.3 is 0 Å². The van der Waals surface area contributed by atoms with Crippen LogP contribution in [-0.4, -0.2) is 21.1 Å². The van der Waals surface area contributed by atoms with Gasteiger partial charge in [-0.25, -0.2) is 4.98 Å². The molecule has 1 aliphatic carbocycles. The van der Waals surface area contributed by atoms with Crippen LogP contribution in [0.2, 0.25) is 0 Å². The molecule has 0 N–H and O–H groups in total. The summed E-state index contributed by atoms with van der Waals surface area (Å²) in [5.41, 5.74) is 1.29. The van der Waals surface area contributed by atoms with Gasteiger partial charge in [-0.1, -0.05) is 11.8 Å². The second kappa shape index (κ2) is 5.93. The Hall–Kier alpha value is -1.14. The Labute approximate surface area is 131 Å². The molecule has 0 amide bonds. The quantitative estimate of drug-likeness (QED) is 0.641. The molecule has 1 aliphatic rings. The maximum absolute atomic E-state index is 12.8. The van der Waals surface area contributed by atoms with Gasteiger partial charge in [-0.15, -0.1) is 11.3 Å². The second-order valence-electron chi connectivity index (χ2n) is 5.33. The summed E-state index contributed by atoms with van der Waals surface area (Å²) in [6, 6.07) is 0. The average Bonchev–Trinajstić information content (AvgIpc) is 2.83. The highest BCUT2D eigenvalue weighted by Crippen LogP contribution is 2.34. The number of Topliss-reactive ketones (excluding diaryl/α,β-unsaturated/α-hetero) is 1. The normalized spacial score (nSPS) is 14.4. The Morgan fingerprint density at radius 3 is 2.86 bits per heavy atom. The molecule has 0 saturated heterocycles. The smallest absolute Gasteiger partial charge is 0.263 e. The number of fused-ring (bicyclic) bond motifs is 3. The van der Waals surface area contributed by atoms with E-state index >= 15 is 0 Å². The van der Waals surface area contributed by atoms with E-state index in [1.54, 1.807) is 22.8 Å². The molecule has 2 heterocycles. The molecule has 0 saturated carbocycles. The summed E-state index contributed by atoms with van der Waals surface area (Å²) in [6.07, 6.45) is 4.42. The minimum absolute atomic E-state index is 0.0629. The van der Waals surface area contributed by atoms with E-state index < -0.39 is 0 Å². The number of thiophene rings is 1. The maximum atomic E-state index is 12.8. The van der Waals surface area contributed by atoms with Crippen LogP contribution in [0.5, 0.6) is 0 Å². The fourth-order valence-electron chi connectivity index (χ4n) is 2.78. The number of nitrogens with zero attached hydrogens (tertiary/aromatic N) is 2. The highest BCUT2D eigenvalue weighted by Gasteiger charge is 2.21. The second-order valence-corrected chi connectivity index (χ2v) is 7.35. The SMILES string of the molecule is CCn1c(SCC(C)=O)nc2sc3c(c2c1=O)CCCC3. The molecule has 0 atom stereocenters. The Bertz CT molecular complexity index is 761. The van der Waals surface area contributed by atoms with E-state index in [0.29, 0.717) is 17.5 Å². The highest BCUT2D eigenvalue weighted by molar-refractivity contribution is 7.99. The van der Waals surface area contributed by atoms with Crippen LogP contribution in [0.4, 0.5) is 0 Å². The lowest BCUT2D eigenvalue weighted by Crippen LogP contribution is -2.23. The van der Waals surface area contributed by atoms with E-state index in [-0.39, 0.29) is 11.3 Å². The molecular weight excluding hydrogens is 304 g/mol. The standard InChI is InChI=1S/C15H18N2O2S2/c1-3-17-14(19)12-10-6-4-5-7-11(10)21-13(12)16-15(17)20-8-9(2)18/h3-8H2,1-2H3. The van der Waals surface area contributed by atoms with E-state index in [0.717, 1.165) is 29.5 Å². The molecule has 112 valence electrons. The molecule has 0 unspecified atom stereocenters. The Morgan fingerprint density at radius 1 is 1.38 bits per heavy atom. The van der Waals surface area contributed by atoms with Crippen molar-refractivity contribution in [2.45, 2.75) is 51.2 Å². The molecule has 2 aromatic heterocycles. The van der Waals surface area contributed by atoms with Gasteiger partial charge in [0.25, 0.3) is 5.56 Å². The fraction of sp³-hybridized carbons (Fsp3) is 0.533. The van der Waals surface area contributed by atoms with Crippen molar-refractivity contribution >= 4 is 39.1 Å². The van der Waals surface area contributed by atoms with Crippen molar-refractivity contribution in [2.24, 2.45) is 0 Å². The minimum Gasteiger partial charge on any atom is -0.299 e. The number of thioether (sulfide) groups is 1. The van der Waals surface area contributed by atoms with Crippen molar-refractivity contribution in [2.75, 3.05) is 5.75 Å². The van der Waals surface area contributed by atoms with E-state index in [4.69, 9.17) is 0 Å². The summed E-state index contributed by atoms with van der Waals surface area (Å²) in [6.45, 7) is 4.10. The first-order valence-corrected chi connectivity index (χ1v) is 9.09. The summed E-state index contributed by atoms with van der Waals surface area (Å²) in [5.74, 6) is 0.464. The molecular formula is C15H18N2O2S2. The molecule has 0 fully saturated rings. The molecule has 3 rings (SSSR count). The Balaban J connectivity index is 2.17. The number of hydrogen-bond donors (Lipinski definition) is 0. The molecule has 0 bridgehead atoms. The van der Waals surface area contributed by atoms with Crippen molar-refractivity contribution in [1.29, 1.82) is 0 Å². The zero-order valence-corrected chi connectivity index (χ0v) is 13.9. The summed E-state index contributed by atoms with van der Waals surface area (Å²) in [5, 5.41) is 1.49. The van der Waals surface area contributed by atoms with Gasteiger partial charge in [0.15, 0.2) is 5.16 Å². The highest BCUT2D eigenvalue weighted by atomic mass is 32.2. The first-order valence-electron chi connectivity index (χ1n) is 7.29. The fourth-order valence-corrected chi connectivity index (χ4v) is 4.94. The van der Waals surface area contributed by atoms with Gasteiger partial charge < -0.3 is 0 Å². The minimum atomic E-state index is 0.0629. The first-order chi connectivity index (χ1) is 10.1. The van der Waals surface area contributed by atoms with Crippen molar-refractivity contribution in [3.05, 3.63) is 20.8 Å². The summed E-state index contributed by atoms with van der Waals surface area (Å²) < 4.78 is 1.71. The van der Waals surface area contributed by atoms with Crippen molar-refractivity contribution in [3.63, 3.8) is 0 Å². The van der Waals surface area contributed by atoms with Crippen LogP contribution < -0.4 is 5.56 Å².